The Balaban J connectivity index is 1.29. The summed E-state index contributed by atoms with van der Waals surface area (Å²) in [4.78, 5) is 15.7. The van der Waals surface area contributed by atoms with Crippen molar-refractivity contribution in [1.82, 2.24) is 24.1 Å². The third kappa shape index (κ3) is 5.13. The summed E-state index contributed by atoms with van der Waals surface area (Å²) in [5.41, 5.74) is 11.7. The Labute approximate surface area is 323 Å². The molecule has 0 spiro atoms. The summed E-state index contributed by atoms with van der Waals surface area (Å²) in [6.07, 6.45) is 0. The highest BCUT2D eigenvalue weighted by atomic mass is 15.0. The molecule has 0 atom stereocenters. The van der Waals surface area contributed by atoms with Crippen LogP contribution in [0.4, 0.5) is 0 Å². The Bertz CT molecular complexity index is 3160. The van der Waals surface area contributed by atoms with Gasteiger partial charge in [0.1, 0.15) is 0 Å². The standard InChI is InChI=1S/C51H33N5/c1-5-18-34(19-6-1)49-52-50(35-20-7-2-8-21-35)54-51(53-49)43-33-47-42(38-26-13-15-29-44(38)56(47)37-24-11-4-12-25-37)32-41(43)39-28-17-31-46-48(39)40-27-14-16-30-45(40)55(46)36-22-9-3-10-23-36/h1-33H. The maximum Gasteiger partial charge on any atom is 0.164 e. The van der Waals surface area contributed by atoms with Gasteiger partial charge < -0.3 is 9.13 Å². The first-order valence-electron chi connectivity index (χ1n) is 18.9. The molecular formula is C51H33N5. The van der Waals surface area contributed by atoms with Crippen LogP contribution in [0, 0.1) is 0 Å². The fourth-order valence-corrected chi connectivity index (χ4v) is 8.31. The molecule has 0 aliphatic heterocycles. The van der Waals surface area contributed by atoms with Crippen LogP contribution < -0.4 is 0 Å². The molecule has 56 heavy (non-hydrogen) atoms. The van der Waals surface area contributed by atoms with Crippen molar-refractivity contribution in [1.29, 1.82) is 0 Å². The summed E-state index contributed by atoms with van der Waals surface area (Å²) in [7, 11) is 0. The smallest absolute Gasteiger partial charge is 0.164 e. The number of aromatic nitrogens is 5. The van der Waals surface area contributed by atoms with E-state index in [1.807, 2.05) is 36.4 Å². The Morgan fingerprint density at radius 1 is 0.286 bits per heavy atom. The topological polar surface area (TPSA) is 48.5 Å². The van der Waals surface area contributed by atoms with Crippen LogP contribution in [0.3, 0.4) is 0 Å². The van der Waals surface area contributed by atoms with Crippen molar-refractivity contribution in [3.63, 3.8) is 0 Å². The molecular weight excluding hydrogens is 683 g/mol. The number of hydrogen-bond donors (Lipinski definition) is 0. The molecule has 0 N–H and O–H groups in total. The van der Waals surface area contributed by atoms with Crippen LogP contribution in [0.15, 0.2) is 200 Å². The van der Waals surface area contributed by atoms with Crippen LogP contribution >= 0.6 is 0 Å². The highest BCUT2D eigenvalue weighted by Gasteiger charge is 2.23. The van der Waals surface area contributed by atoms with Gasteiger partial charge in [0.15, 0.2) is 17.5 Å². The van der Waals surface area contributed by atoms with E-state index >= 15 is 0 Å². The molecule has 5 nitrogen and oxygen atoms in total. The minimum Gasteiger partial charge on any atom is -0.309 e. The lowest BCUT2D eigenvalue weighted by atomic mass is 9.93. The van der Waals surface area contributed by atoms with Gasteiger partial charge in [-0.3, -0.25) is 0 Å². The van der Waals surface area contributed by atoms with Gasteiger partial charge in [-0.2, -0.15) is 0 Å². The lowest BCUT2D eigenvalue weighted by Gasteiger charge is -2.15. The second-order valence-corrected chi connectivity index (χ2v) is 14.0. The van der Waals surface area contributed by atoms with Crippen LogP contribution in [-0.2, 0) is 0 Å². The molecule has 0 saturated heterocycles. The SMILES string of the molecule is c1ccc(-c2nc(-c3ccccc3)nc(-c3cc4c(cc3-c3cccc5c3c3ccccc3n5-c3ccccc3)c3ccccc3n4-c3ccccc3)n2)cc1. The minimum absolute atomic E-state index is 0.614. The van der Waals surface area contributed by atoms with E-state index in [9.17, 15) is 0 Å². The van der Waals surface area contributed by atoms with E-state index in [1.54, 1.807) is 0 Å². The van der Waals surface area contributed by atoms with Gasteiger partial charge in [0.25, 0.3) is 0 Å². The van der Waals surface area contributed by atoms with Gasteiger partial charge in [0, 0.05) is 49.6 Å². The summed E-state index contributed by atoms with van der Waals surface area (Å²) >= 11 is 0. The lowest BCUT2D eigenvalue weighted by Crippen LogP contribution is -2.02. The Kier molecular flexibility index (Phi) is 7.42. The zero-order valence-electron chi connectivity index (χ0n) is 30.3. The lowest BCUT2D eigenvalue weighted by molar-refractivity contribution is 1.07. The number of benzene rings is 8. The molecule has 3 aromatic heterocycles. The maximum absolute atomic E-state index is 5.31. The van der Waals surface area contributed by atoms with Crippen molar-refractivity contribution >= 4 is 43.6 Å². The second-order valence-electron chi connectivity index (χ2n) is 14.0. The molecule has 3 heterocycles. The molecule has 0 radical (unpaired) electrons. The fourth-order valence-electron chi connectivity index (χ4n) is 8.31. The number of hydrogen-bond acceptors (Lipinski definition) is 3. The molecule has 11 rings (SSSR count). The largest absolute Gasteiger partial charge is 0.309 e. The first-order chi connectivity index (χ1) is 27.8. The highest BCUT2D eigenvalue weighted by molar-refractivity contribution is 6.19. The van der Waals surface area contributed by atoms with Gasteiger partial charge in [-0.25, -0.2) is 15.0 Å². The molecule has 0 bridgehead atoms. The Morgan fingerprint density at radius 3 is 1.36 bits per heavy atom. The first kappa shape index (κ1) is 31.9. The average Bonchev–Trinajstić information content (AvgIpc) is 3.79. The molecule has 0 aliphatic carbocycles. The molecule has 5 heteroatoms. The minimum atomic E-state index is 0.614. The van der Waals surface area contributed by atoms with Crippen LogP contribution in [0.1, 0.15) is 0 Å². The van der Waals surface area contributed by atoms with Gasteiger partial charge in [0.05, 0.1) is 22.1 Å². The summed E-state index contributed by atoms with van der Waals surface area (Å²) in [6, 6.07) is 70.3. The van der Waals surface area contributed by atoms with Gasteiger partial charge in [-0.05, 0) is 65.7 Å². The summed E-state index contributed by atoms with van der Waals surface area (Å²) < 4.78 is 4.73. The van der Waals surface area contributed by atoms with E-state index in [1.165, 1.54) is 16.2 Å². The predicted molar refractivity (Wildman–Crippen MR) is 230 cm³/mol. The van der Waals surface area contributed by atoms with E-state index in [-0.39, 0.29) is 0 Å². The van der Waals surface area contributed by atoms with Gasteiger partial charge in [-0.1, -0.05) is 146 Å². The maximum atomic E-state index is 5.31. The zero-order chi connectivity index (χ0) is 37.0. The quantitative estimate of drug-likeness (QED) is 0.172. The predicted octanol–water partition coefficient (Wildman–Crippen LogP) is 12.7. The molecule has 0 fully saturated rings. The van der Waals surface area contributed by atoms with E-state index < -0.39 is 0 Å². The second kappa shape index (κ2) is 13.0. The zero-order valence-corrected chi connectivity index (χ0v) is 30.3. The van der Waals surface area contributed by atoms with Crippen LogP contribution in [-0.4, -0.2) is 24.1 Å². The monoisotopic (exact) mass is 715 g/mol. The van der Waals surface area contributed by atoms with Crippen molar-refractivity contribution in [2.45, 2.75) is 0 Å². The van der Waals surface area contributed by atoms with E-state index in [0.717, 1.165) is 66.6 Å². The van der Waals surface area contributed by atoms with E-state index in [0.29, 0.717) is 17.5 Å². The molecule has 0 amide bonds. The average molecular weight is 716 g/mol. The van der Waals surface area contributed by atoms with Crippen molar-refractivity contribution < 1.29 is 0 Å². The summed E-state index contributed by atoms with van der Waals surface area (Å²) in [5, 5.41) is 4.71. The van der Waals surface area contributed by atoms with Crippen molar-refractivity contribution in [3.05, 3.63) is 200 Å². The number of para-hydroxylation sites is 4. The van der Waals surface area contributed by atoms with Crippen LogP contribution in [0.2, 0.25) is 0 Å². The molecule has 0 unspecified atom stereocenters. The summed E-state index contributed by atoms with van der Waals surface area (Å²) in [5.74, 6) is 1.87. The molecule has 8 aromatic carbocycles. The van der Waals surface area contributed by atoms with Gasteiger partial charge in [0.2, 0.25) is 0 Å². The number of fused-ring (bicyclic) bond motifs is 6. The van der Waals surface area contributed by atoms with Crippen molar-refractivity contribution in [3.8, 4) is 56.7 Å². The molecule has 0 aliphatic rings. The third-order valence-electron chi connectivity index (χ3n) is 10.8. The molecule has 262 valence electrons. The van der Waals surface area contributed by atoms with E-state index in [2.05, 4.69) is 173 Å². The van der Waals surface area contributed by atoms with Gasteiger partial charge >= 0.3 is 0 Å². The van der Waals surface area contributed by atoms with E-state index in [4.69, 9.17) is 15.0 Å². The number of nitrogens with zero attached hydrogens (tertiary/aromatic N) is 5. The first-order valence-corrected chi connectivity index (χ1v) is 18.9. The summed E-state index contributed by atoms with van der Waals surface area (Å²) in [6.45, 7) is 0. The normalized spacial score (nSPS) is 11.6. The van der Waals surface area contributed by atoms with Gasteiger partial charge in [-0.15, -0.1) is 0 Å². The highest BCUT2D eigenvalue weighted by Crippen LogP contribution is 2.45. The molecule has 11 aromatic rings. The third-order valence-corrected chi connectivity index (χ3v) is 10.8. The van der Waals surface area contributed by atoms with Crippen molar-refractivity contribution in [2.75, 3.05) is 0 Å². The Hall–Kier alpha value is -7.63. The van der Waals surface area contributed by atoms with Crippen LogP contribution in [0.25, 0.3) is 100 Å². The fraction of sp³-hybridized carbons (Fsp3) is 0. The Morgan fingerprint density at radius 2 is 0.750 bits per heavy atom. The van der Waals surface area contributed by atoms with Crippen LogP contribution in [0.5, 0.6) is 0 Å². The number of rotatable bonds is 6. The van der Waals surface area contributed by atoms with Crippen molar-refractivity contribution in [2.24, 2.45) is 0 Å². The molecule has 0 saturated carbocycles.